The number of fused-ring (bicyclic) bond motifs is 1. The SMILES string of the molecule is CCc1nnc(N2CC(C(=O)NCc3ccc4c(c3)CCO4)CC2=O)s1. The molecule has 1 fully saturated rings. The van der Waals surface area contributed by atoms with Crippen molar-refractivity contribution in [1.82, 2.24) is 15.5 Å². The molecule has 0 spiro atoms. The second kappa shape index (κ2) is 7.03. The van der Waals surface area contributed by atoms with Gasteiger partial charge in [0.2, 0.25) is 16.9 Å². The third kappa shape index (κ3) is 3.29. The van der Waals surface area contributed by atoms with Gasteiger partial charge in [-0.25, -0.2) is 0 Å². The molecular weight excluding hydrogens is 352 g/mol. The van der Waals surface area contributed by atoms with Crippen LogP contribution in [-0.4, -0.2) is 35.2 Å². The lowest BCUT2D eigenvalue weighted by Gasteiger charge is -2.13. The van der Waals surface area contributed by atoms with E-state index >= 15 is 0 Å². The van der Waals surface area contributed by atoms with Crippen LogP contribution in [0.25, 0.3) is 0 Å². The van der Waals surface area contributed by atoms with Gasteiger partial charge in [0.05, 0.1) is 12.5 Å². The van der Waals surface area contributed by atoms with Crippen LogP contribution in [0.2, 0.25) is 0 Å². The molecule has 7 nitrogen and oxygen atoms in total. The van der Waals surface area contributed by atoms with E-state index in [4.69, 9.17) is 4.74 Å². The largest absolute Gasteiger partial charge is 0.493 e. The number of amides is 2. The molecule has 2 aliphatic rings. The molecule has 0 saturated carbocycles. The lowest BCUT2D eigenvalue weighted by Crippen LogP contribution is -2.32. The zero-order valence-electron chi connectivity index (χ0n) is 14.5. The van der Waals surface area contributed by atoms with Crippen molar-refractivity contribution >= 4 is 28.3 Å². The van der Waals surface area contributed by atoms with Crippen molar-refractivity contribution in [1.29, 1.82) is 0 Å². The number of carbonyl (C=O) groups excluding carboxylic acids is 2. The Morgan fingerprint density at radius 1 is 1.42 bits per heavy atom. The molecule has 1 aromatic carbocycles. The van der Waals surface area contributed by atoms with Crippen molar-refractivity contribution in [2.45, 2.75) is 32.7 Å². The molecule has 2 aromatic rings. The monoisotopic (exact) mass is 372 g/mol. The van der Waals surface area contributed by atoms with Crippen LogP contribution >= 0.6 is 11.3 Å². The van der Waals surface area contributed by atoms with Crippen LogP contribution in [0.5, 0.6) is 5.75 Å². The molecule has 1 saturated heterocycles. The van der Waals surface area contributed by atoms with E-state index in [2.05, 4.69) is 21.6 Å². The Bertz CT molecular complexity index is 851. The summed E-state index contributed by atoms with van der Waals surface area (Å²) in [6.07, 6.45) is 1.91. The van der Waals surface area contributed by atoms with E-state index in [1.54, 1.807) is 4.90 Å². The van der Waals surface area contributed by atoms with Crippen molar-refractivity contribution < 1.29 is 14.3 Å². The Labute approximate surface area is 155 Å². The van der Waals surface area contributed by atoms with E-state index in [0.717, 1.165) is 35.8 Å². The van der Waals surface area contributed by atoms with E-state index < -0.39 is 0 Å². The summed E-state index contributed by atoms with van der Waals surface area (Å²) in [5.74, 6) is 0.409. The molecular formula is C18H20N4O3S. The number of hydrogen-bond donors (Lipinski definition) is 1. The number of aromatic nitrogens is 2. The minimum Gasteiger partial charge on any atom is -0.493 e. The Morgan fingerprint density at radius 3 is 3.12 bits per heavy atom. The van der Waals surface area contributed by atoms with E-state index in [0.29, 0.717) is 18.2 Å². The maximum atomic E-state index is 12.5. The zero-order valence-corrected chi connectivity index (χ0v) is 15.3. The molecule has 136 valence electrons. The average molecular weight is 372 g/mol. The number of carbonyl (C=O) groups is 2. The average Bonchev–Trinajstić information content (AvgIpc) is 3.37. The summed E-state index contributed by atoms with van der Waals surface area (Å²) in [6.45, 7) is 3.53. The highest BCUT2D eigenvalue weighted by Gasteiger charge is 2.36. The first-order valence-corrected chi connectivity index (χ1v) is 9.60. The van der Waals surface area contributed by atoms with Crippen LogP contribution in [0, 0.1) is 5.92 Å². The summed E-state index contributed by atoms with van der Waals surface area (Å²) in [7, 11) is 0. The van der Waals surface area contributed by atoms with Crippen molar-refractivity contribution in [3.63, 3.8) is 0 Å². The molecule has 0 bridgehead atoms. The van der Waals surface area contributed by atoms with E-state index in [9.17, 15) is 9.59 Å². The molecule has 1 N–H and O–H groups in total. The van der Waals surface area contributed by atoms with Gasteiger partial charge in [-0.15, -0.1) is 10.2 Å². The fraction of sp³-hybridized carbons (Fsp3) is 0.444. The van der Waals surface area contributed by atoms with Gasteiger partial charge in [-0.2, -0.15) is 0 Å². The smallest absolute Gasteiger partial charge is 0.229 e. The molecule has 4 rings (SSSR count). The third-order valence-corrected chi connectivity index (χ3v) is 5.80. The summed E-state index contributed by atoms with van der Waals surface area (Å²) in [5.41, 5.74) is 2.22. The van der Waals surface area contributed by atoms with E-state index in [1.807, 2.05) is 19.1 Å². The fourth-order valence-corrected chi connectivity index (χ4v) is 4.05. The maximum Gasteiger partial charge on any atom is 0.229 e. The molecule has 0 radical (unpaired) electrons. The topological polar surface area (TPSA) is 84.4 Å². The Morgan fingerprint density at radius 2 is 2.31 bits per heavy atom. The number of hydrogen-bond acceptors (Lipinski definition) is 6. The van der Waals surface area contributed by atoms with Crippen LogP contribution in [-0.2, 0) is 29.0 Å². The van der Waals surface area contributed by atoms with Gasteiger partial charge in [-0.05, 0) is 23.6 Å². The summed E-state index contributed by atoms with van der Waals surface area (Å²) < 4.78 is 5.50. The molecule has 2 amide bonds. The Hall–Kier alpha value is -2.48. The molecule has 26 heavy (non-hydrogen) atoms. The lowest BCUT2D eigenvalue weighted by atomic mass is 10.1. The number of aryl methyl sites for hydroxylation is 1. The number of ether oxygens (including phenoxy) is 1. The third-order valence-electron chi connectivity index (χ3n) is 4.71. The molecule has 0 aliphatic carbocycles. The maximum absolute atomic E-state index is 12.5. The van der Waals surface area contributed by atoms with Crippen molar-refractivity contribution in [3.05, 3.63) is 34.3 Å². The van der Waals surface area contributed by atoms with Crippen LogP contribution in [0.3, 0.4) is 0 Å². The first kappa shape index (κ1) is 17.0. The fourth-order valence-electron chi connectivity index (χ4n) is 3.25. The van der Waals surface area contributed by atoms with E-state index in [-0.39, 0.29) is 24.2 Å². The van der Waals surface area contributed by atoms with Crippen molar-refractivity contribution in [2.75, 3.05) is 18.1 Å². The van der Waals surface area contributed by atoms with Gasteiger partial charge in [-0.3, -0.25) is 14.5 Å². The lowest BCUT2D eigenvalue weighted by molar-refractivity contribution is -0.126. The quantitative estimate of drug-likeness (QED) is 0.864. The first-order chi connectivity index (χ1) is 12.6. The number of anilines is 1. The minimum absolute atomic E-state index is 0.0707. The summed E-state index contributed by atoms with van der Waals surface area (Å²) in [5, 5.41) is 12.5. The second-order valence-corrected chi connectivity index (χ2v) is 7.54. The van der Waals surface area contributed by atoms with Crippen molar-refractivity contribution in [2.24, 2.45) is 5.92 Å². The summed E-state index contributed by atoms with van der Waals surface area (Å²) in [6, 6.07) is 5.98. The highest BCUT2D eigenvalue weighted by Crippen LogP contribution is 2.28. The van der Waals surface area contributed by atoms with Gasteiger partial charge in [0.15, 0.2) is 0 Å². The summed E-state index contributed by atoms with van der Waals surface area (Å²) >= 11 is 1.41. The highest BCUT2D eigenvalue weighted by molar-refractivity contribution is 7.15. The zero-order chi connectivity index (χ0) is 18.1. The predicted molar refractivity (Wildman–Crippen MR) is 97.2 cm³/mol. The van der Waals surface area contributed by atoms with Crippen LogP contribution < -0.4 is 15.0 Å². The molecule has 1 aromatic heterocycles. The molecule has 1 atom stereocenters. The van der Waals surface area contributed by atoms with Gasteiger partial charge < -0.3 is 10.1 Å². The normalized spacial score (nSPS) is 18.7. The van der Waals surface area contributed by atoms with E-state index in [1.165, 1.54) is 16.9 Å². The minimum atomic E-state index is -0.353. The van der Waals surface area contributed by atoms with Crippen LogP contribution in [0.1, 0.15) is 29.5 Å². The van der Waals surface area contributed by atoms with Gasteiger partial charge in [0, 0.05) is 25.9 Å². The summed E-state index contributed by atoms with van der Waals surface area (Å²) in [4.78, 5) is 26.3. The number of benzene rings is 1. The van der Waals surface area contributed by atoms with Gasteiger partial charge in [-0.1, -0.05) is 30.4 Å². The molecule has 3 heterocycles. The van der Waals surface area contributed by atoms with Gasteiger partial charge in [0.1, 0.15) is 10.8 Å². The number of nitrogens with one attached hydrogen (secondary N) is 1. The standard InChI is InChI=1S/C18H20N4O3S/c1-2-15-20-21-18(26-15)22-10-13(8-16(22)23)17(24)19-9-11-3-4-14-12(7-11)5-6-25-14/h3-4,7,13H,2,5-6,8-10H2,1H3,(H,19,24). The van der Waals surface area contributed by atoms with Crippen molar-refractivity contribution in [3.8, 4) is 5.75 Å². The molecule has 2 aliphatic heterocycles. The number of rotatable bonds is 5. The predicted octanol–water partition coefficient (Wildman–Crippen LogP) is 1.70. The van der Waals surface area contributed by atoms with Crippen LogP contribution in [0.15, 0.2) is 18.2 Å². The van der Waals surface area contributed by atoms with Crippen LogP contribution in [0.4, 0.5) is 5.13 Å². The van der Waals surface area contributed by atoms with Gasteiger partial charge >= 0.3 is 0 Å². The Kier molecular flexibility index (Phi) is 4.58. The number of nitrogens with zero attached hydrogens (tertiary/aromatic N) is 3. The second-order valence-electron chi connectivity index (χ2n) is 6.50. The highest BCUT2D eigenvalue weighted by atomic mass is 32.1. The van der Waals surface area contributed by atoms with Gasteiger partial charge in [0.25, 0.3) is 0 Å². The molecule has 8 heteroatoms. The first-order valence-electron chi connectivity index (χ1n) is 8.79. The Balaban J connectivity index is 1.36. The molecule has 1 unspecified atom stereocenters.